The zero-order chi connectivity index (χ0) is 24.2. The molecule has 1 amide bonds. The molecule has 0 aliphatic rings. The average Bonchev–Trinajstić information content (AvgIpc) is 2.86. The number of amides is 1. The second-order valence-electron chi connectivity index (χ2n) is 8.20. The third kappa shape index (κ3) is 5.12. The largest absolute Gasteiger partial charge is 0.355 e. The van der Waals surface area contributed by atoms with Gasteiger partial charge in [0, 0.05) is 45.6 Å². The fourth-order valence-electron chi connectivity index (χ4n) is 3.84. The zero-order valence-electron chi connectivity index (χ0n) is 19.0. The fourth-order valence-corrected chi connectivity index (χ4v) is 3.84. The first-order chi connectivity index (χ1) is 17.0. The molecule has 0 atom stereocenters. The van der Waals surface area contributed by atoms with E-state index in [1.165, 1.54) is 12.1 Å². The molecule has 0 saturated heterocycles. The highest BCUT2D eigenvalue weighted by Gasteiger charge is 2.11. The van der Waals surface area contributed by atoms with Crippen LogP contribution >= 0.6 is 0 Å². The van der Waals surface area contributed by atoms with Crippen molar-refractivity contribution < 1.29 is 9.18 Å². The number of nitrogens with zero attached hydrogens (tertiary/aromatic N) is 1. The van der Waals surface area contributed by atoms with Crippen LogP contribution in [0.3, 0.4) is 0 Å². The van der Waals surface area contributed by atoms with Gasteiger partial charge in [-0.15, -0.1) is 0 Å². The van der Waals surface area contributed by atoms with Gasteiger partial charge in [0.2, 0.25) is 0 Å². The highest BCUT2D eigenvalue weighted by atomic mass is 19.1. The Morgan fingerprint density at radius 1 is 0.743 bits per heavy atom. The van der Waals surface area contributed by atoms with E-state index in [1.54, 1.807) is 30.5 Å². The van der Waals surface area contributed by atoms with Gasteiger partial charge in [0.1, 0.15) is 5.82 Å². The van der Waals surface area contributed by atoms with E-state index in [0.717, 1.165) is 28.3 Å². The normalized spacial score (nSPS) is 10.7. The Morgan fingerprint density at radius 3 is 2.40 bits per heavy atom. The molecular weight excluding hydrogens is 439 g/mol. The van der Waals surface area contributed by atoms with Crippen LogP contribution in [-0.2, 0) is 0 Å². The fraction of sp³-hybridized carbons (Fsp3) is 0.0345. The van der Waals surface area contributed by atoms with Gasteiger partial charge in [0.25, 0.3) is 5.91 Å². The molecule has 0 aliphatic carbocycles. The van der Waals surface area contributed by atoms with Crippen molar-refractivity contribution in [3.8, 4) is 0 Å². The van der Waals surface area contributed by atoms with Crippen LogP contribution in [0.4, 0.5) is 32.8 Å². The van der Waals surface area contributed by atoms with Crippen molar-refractivity contribution in [1.82, 2.24) is 4.98 Å². The van der Waals surface area contributed by atoms with Crippen LogP contribution < -0.4 is 16.0 Å². The molecule has 0 aliphatic heterocycles. The summed E-state index contributed by atoms with van der Waals surface area (Å²) in [5, 5.41) is 10.3. The molecule has 4 aromatic carbocycles. The summed E-state index contributed by atoms with van der Waals surface area (Å²) in [6.07, 6.45) is 1.67. The average molecular weight is 463 g/mol. The Morgan fingerprint density at radius 2 is 1.54 bits per heavy atom. The predicted molar refractivity (Wildman–Crippen MR) is 140 cm³/mol. The van der Waals surface area contributed by atoms with Crippen LogP contribution in [0.2, 0.25) is 0 Å². The quantitative estimate of drug-likeness (QED) is 0.246. The number of aromatic nitrogens is 1. The maximum absolute atomic E-state index is 13.8. The predicted octanol–water partition coefficient (Wildman–Crippen LogP) is 7.42. The van der Waals surface area contributed by atoms with E-state index in [9.17, 15) is 9.18 Å². The highest BCUT2D eigenvalue weighted by molar-refractivity contribution is 6.05. The molecule has 0 unspecified atom stereocenters. The van der Waals surface area contributed by atoms with Crippen LogP contribution in [-0.4, -0.2) is 10.9 Å². The number of para-hydroxylation sites is 1. The Labute approximate surface area is 202 Å². The van der Waals surface area contributed by atoms with Gasteiger partial charge in [-0.1, -0.05) is 30.3 Å². The molecule has 0 radical (unpaired) electrons. The highest BCUT2D eigenvalue weighted by Crippen LogP contribution is 2.28. The molecule has 3 N–H and O–H groups in total. The standard InChI is InChI=1S/C29H23FN4O/c1-19-10-11-20(16-28(19)34-27-14-15-31-26-13-12-21(30)17-25(26)27)29(35)33-24-9-5-8-23(18-24)32-22-6-3-2-4-7-22/h2-18,32H,1H3,(H,31,34)(H,33,35). The molecular formula is C29H23FN4O. The number of fused-ring (bicyclic) bond motifs is 1. The molecule has 0 bridgehead atoms. The number of halogens is 1. The molecule has 0 saturated carbocycles. The summed E-state index contributed by atoms with van der Waals surface area (Å²) in [5.41, 5.74) is 6.14. The maximum Gasteiger partial charge on any atom is 0.255 e. The zero-order valence-corrected chi connectivity index (χ0v) is 19.0. The number of anilines is 5. The smallest absolute Gasteiger partial charge is 0.255 e. The summed E-state index contributed by atoms with van der Waals surface area (Å²) in [6.45, 7) is 1.95. The number of benzene rings is 4. The molecule has 0 spiro atoms. The number of nitrogens with one attached hydrogen (secondary N) is 3. The Hall–Kier alpha value is -4.71. The van der Waals surface area contributed by atoms with Gasteiger partial charge in [-0.2, -0.15) is 0 Å². The van der Waals surface area contributed by atoms with E-state index in [1.807, 2.05) is 67.6 Å². The van der Waals surface area contributed by atoms with E-state index in [4.69, 9.17) is 0 Å². The third-order valence-corrected chi connectivity index (χ3v) is 5.66. The van der Waals surface area contributed by atoms with E-state index < -0.39 is 0 Å². The Bertz CT molecular complexity index is 1520. The van der Waals surface area contributed by atoms with Crippen LogP contribution in [0.5, 0.6) is 0 Å². The maximum atomic E-state index is 13.8. The minimum absolute atomic E-state index is 0.226. The summed E-state index contributed by atoms with van der Waals surface area (Å²) < 4.78 is 13.8. The SMILES string of the molecule is Cc1ccc(C(=O)Nc2cccc(Nc3ccccc3)c2)cc1Nc1ccnc2ccc(F)cc12. The van der Waals surface area contributed by atoms with Crippen molar-refractivity contribution in [2.24, 2.45) is 0 Å². The van der Waals surface area contributed by atoms with Crippen molar-refractivity contribution in [3.05, 3.63) is 120 Å². The molecule has 5 nitrogen and oxygen atoms in total. The molecule has 0 fully saturated rings. The van der Waals surface area contributed by atoms with E-state index >= 15 is 0 Å². The first kappa shape index (κ1) is 22.1. The van der Waals surface area contributed by atoms with Crippen molar-refractivity contribution >= 4 is 45.2 Å². The van der Waals surface area contributed by atoms with Gasteiger partial charge in [-0.05, 0) is 79.2 Å². The van der Waals surface area contributed by atoms with Crippen LogP contribution in [0.25, 0.3) is 10.9 Å². The van der Waals surface area contributed by atoms with Gasteiger partial charge in [-0.25, -0.2) is 4.39 Å². The van der Waals surface area contributed by atoms with E-state index in [2.05, 4.69) is 20.9 Å². The molecule has 6 heteroatoms. The van der Waals surface area contributed by atoms with Gasteiger partial charge in [0.15, 0.2) is 0 Å². The van der Waals surface area contributed by atoms with Crippen molar-refractivity contribution in [3.63, 3.8) is 0 Å². The molecule has 35 heavy (non-hydrogen) atoms. The lowest BCUT2D eigenvalue weighted by Crippen LogP contribution is -2.12. The molecule has 5 aromatic rings. The topological polar surface area (TPSA) is 66.1 Å². The summed E-state index contributed by atoms with van der Waals surface area (Å²) in [5.74, 6) is -0.557. The van der Waals surface area contributed by atoms with Crippen molar-refractivity contribution in [2.75, 3.05) is 16.0 Å². The lowest BCUT2D eigenvalue weighted by molar-refractivity contribution is 0.102. The number of rotatable bonds is 6. The summed E-state index contributed by atoms with van der Waals surface area (Å²) in [7, 11) is 0. The molecule has 5 rings (SSSR count). The van der Waals surface area contributed by atoms with Crippen molar-refractivity contribution in [2.45, 2.75) is 6.92 Å². The van der Waals surface area contributed by atoms with Gasteiger partial charge in [0.05, 0.1) is 5.52 Å². The summed E-state index contributed by atoms with van der Waals surface area (Å²) in [4.78, 5) is 17.3. The number of carbonyl (C=O) groups excluding carboxylic acids is 1. The molecule has 172 valence electrons. The lowest BCUT2D eigenvalue weighted by Gasteiger charge is -2.14. The van der Waals surface area contributed by atoms with Crippen LogP contribution in [0, 0.1) is 12.7 Å². The summed E-state index contributed by atoms with van der Waals surface area (Å²) >= 11 is 0. The van der Waals surface area contributed by atoms with Crippen LogP contribution in [0.1, 0.15) is 15.9 Å². The van der Waals surface area contributed by atoms with Gasteiger partial charge in [-0.3, -0.25) is 9.78 Å². The Balaban J connectivity index is 1.36. The van der Waals surface area contributed by atoms with E-state index in [-0.39, 0.29) is 11.7 Å². The number of pyridine rings is 1. The number of hydrogen-bond donors (Lipinski definition) is 3. The number of carbonyl (C=O) groups is 1. The minimum Gasteiger partial charge on any atom is -0.355 e. The van der Waals surface area contributed by atoms with Crippen molar-refractivity contribution in [1.29, 1.82) is 0 Å². The second kappa shape index (κ2) is 9.65. The first-order valence-electron chi connectivity index (χ1n) is 11.2. The Kier molecular flexibility index (Phi) is 6.09. The van der Waals surface area contributed by atoms with Crippen LogP contribution in [0.15, 0.2) is 103 Å². The third-order valence-electron chi connectivity index (χ3n) is 5.66. The monoisotopic (exact) mass is 462 g/mol. The number of hydrogen-bond acceptors (Lipinski definition) is 4. The van der Waals surface area contributed by atoms with E-state index in [0.29, 0.717) is 22.2 Å². The minimum atomic E-state index is -0.331. The molecule has 1 aromatic heterocycles. The lowest BCUT2D eigenvalue weighted by atomic mass is 10.1. The molecule has 1 heterocycles. The van der Waals surface area contributed by atoms with Gasteiger partial charge >= 0.3 is 0 Å². The van der Waals surface area contributed by atoms with Gasteiger partial charge < -0.3 is 16.0 Å². The summed E-state index contributed by atoms with van der Waals surface area (Å²) in [6, 6.07) is 29.1. The first-order valence-corrected chi connectivity index (χ1v) is 11.2. The number of aryl methyl sites for hydroxylation is 1. The second-order valence-corrected chi connectivity index (χ2v) is 8.20.